The first-order chi connectivity index (χ1) is 10.8. The molecule has 2 rings (SSSR count). The molecule has 1 fully saturated rings. The van der Waals surface area contributed by atoms with Crippen LogP contribution in [0.5, 0.6) is 0 Å². The van der Waals surface area contributed by atoms with E-state index in [9.17, 15) is 9.59 Å². The highest BCUT2D eigenvalue weighted by atomic mass is 32.2. The molecule has 1 atom stereocenters. The summed E-state index contributed by atoms with van der Waals surface area (Å²) in [4.78, 5) is 22.2. The monoisotopic (exact) mass is 333 g/mol. The van der Waals surface area contributed by atoms with E-state index in [0.717, 1.165) is 17.3 Å². The van der Waals surface area contributed by atoms with Gasteiger partial charge in [0, 0.05) is 0 Å². The van der Waals surface area contributed by atoms with Gasteiger partial charge in [-0.25, -0.2) is 0 Å². The highest BCUT2D eigenvalue weighted by molar-refractivity contribution is 8.15. The maximum atomic E-state index is 11.6. The van der Waals surface area contributed by atoms with Crippen molar-refractivity contribution >= 4 is 35.0 Å². The summed E-state index contributed by atoms with van der Waals surface area (Å²) in [6, 6.07) is 8.00. The number of hydrogen-bond acceptors (Lipinski definition) is 5. The summed E-state index contributed by atoms with van der Waals surface area (Å²) >= 11 is 1.08. The van der Waals surface area contributed by atoms with E-state index < -0.39 is 11.2 Å². The summed E-state index contributed by atoms with van der Waals surface area (Å²) in [6.07, 6.45) is 1.37. The van der Waals surface area contributed by atoms with Crippen LogP contribution in [0.2, 0.25) is 0 Å². The van der Waals surface area contributed by atoms with E-state index in [-0.39, 0.29) is 17.7 Å². The Morgan fingerprint density at radius 1 is 1.35 bits per heavy atom. The number of amidine groups is 1. The molecule has 2 N–H and O–H groups in total. The van der Waals surface area contributed by atoms with Crippen molar-refractivity contribution in [2.45, 2.75) is 37.9 Å². The number of nitrogens with zero attached hydrogens (tertiary/aromatic N) is 2. The third-order valence-electron chi connectivity index (χ3n) is 3.27. The van der Waals surface area contributed by atoms with Crippen LogP contribution in [0.3, 0.4) is 0 Å². The lowest BCUT2D eigenvalue weighted by Gasteiger charge is -2.18. The van der Waals surface area contributed by atoms with Crippen molar-refractivity contribution in [1.82, 2.24) is 5.32 Å². The van der Waals surface area contributed by atoms with Crippen molar-refractivity contribution in [2.24, 2.45) is 10.2 Å². The minimum Gasteiger partial charge on any atom is -0.481 e. The minimum atomic E-state index is -1.01. The Morgan fingerprint density at radius 3 is 2.57 bits per heavy atom. The Morgan fingerprint density at radius 2 is 2.00 bits per heavy atom. The molecule has 0 saturated carbocycles. The average Bonchev–Trinajstić information content (AvgIpc) is 2.78. The number of carboxylic acids is 1. The molecule has 0 bridgehead atoms. The van der Waals surface area contributed by atoms with E-state index in [0.29, 0.717) is 5.17 Å². The lowest BCUT2D eigenvalue weighted by molar-refractivity contribution is -0.138. The zero-order valence-corrected chi connectivity index (χ0v) is 14.1. The van der Waals surface area contributed by atoms with E-state index in [4.69, 9.17) is 5.11 Å². The molecule has 1 aromatic rings. The summed E-state index contributed by atoms with van der Waals surface area (Å²) in [5.74, 6) is -1.36. The van der Waals surface area contributed by atoms with Crippen LogP contribution in [0.1, 0.15) is 38.3 Å². The van der Waals surface area contributed by atoms with Crippen molar-refractivity contribution in [3.63, 3.8) is 0 Å². The third kappa shape index (κ3) is 4.92. The smallest absolute Gasteiger partial charge is 0.305 e. The number of rotatable bonds is 4. The molecule has 1 unspecified atom stereocenters. The number of carboxylic acid groups (broad SMARTS) is 1. The van der Waals surface area contributed by atoms with Crippen LogP contribution in [-0.4, -0.2) is 33.6 Å². The van der Waals surface area contributed by atoms with Crippen molar-refractivity contribution in [1.29, 1.82) is 0 Å². The van der Waals surface area contributed by atoms with Gasteiger partial charge in [-0.3, -0.25) is 9.59 Å². The molecule has 1 aliphatic heterocycles. The van der Waals surface area contributed by atoms with Gasteiger partial charge in [-0.15, -0.1) is 5.10 Å². The molecule has 122 valence electrons. The van der Waals surface area contributed by atoms with E-state index >= 15 is 0 Å². The van der Waals surface area contributed by atoms with Gasteiger partial charge >= 0.3 is 5.97 Å². The number of benzene rings is 1. The number of thioether (sulfide) groups is 1. The Bertz CT molecular complexity index is 660. The Hall–Kier alpha value is -2.15. The molecule has 0 spiro atoms. The average molecular weight is 333 g/mol. The number of carbonyl (C=O) groups is 2. The van der Waals surface area contributed by atoms with Crippen LogP contribution in [-0.2, 0) is 15.0 Å². The first kappa shape index (κ1) is 17.2. The van der Waals surface area contributed by atoms with Gasteiger partial charge in [-0.1, -0.05) is 56.8 Å². The second kappa shape index (κ2) is 6.95. The third-order valence-corrected chi connectivity index (χ3v) is 4.34. The number of aliphatic carboxylic acids is 1. The molecule has 1 aliphatic rings. The topological polar surface area (TPSA) is 91.1 Å². The number of carbonyl (C=O) groups excluding carboxylic acids is 1. The van der Waals surface area contributed by atoms with Gasteiger partial charge in [0.1, 0.15) is 5.25 Å². The summed E-state index contributed by atoms with van der Waals surface area (Å²) in [5.41, 5.74) is 2.23. The summed E-state index contributed by atoms with van der Waals surface area (Å²) < 4.78 is 0. The number of nitrogens with one attached hydrogen (secondary N) is 1. The van der Waals surface area contributed by atoms with E-state index in [1.807, 2.05) is 24.3 Å². The zero-order valence-electron chi connectivity index (χ0n) is 13.2. The lowest BCUT2D eigenvalue weighted by Crippen LogP contribution is -2.26. The van der Waals surface area contributed by atoms with Crippen LogP contribution in [0.25, 0.3) is 0 Å². The van der Waals surface area contributed by atoms with Crippen LogP contribution in [0.15, 0.2) is 34.5 Å². The molecule has 1 amide bonds. The lowest BCUT2D eigenvalue weighted by atomic mass is 9.87. The van der Waals surface area contributed by atoms with Crippen LogP contribution < -0.4 is 5.32 Å². The van der Waals surface area contributed by atoms with Gasteiger partial charge in [0.25, 0.3) is 0 Å². The highest BCUT2D eigenvalue weighted by Crippen LogP contribution is 2.23. The SMILES string of the molecule is CC(C)(C)c1ccc(C=NN=C2NC(=O)C(CC(=O)O)S2)cc1. The fraction of sp³-hybridized carbons (Fsp3) is 0.375. The van der Waals surface area contributed by atoms with Crippen LogP contribution in [0, 0.1) is 0 Å². The maximum Gasteiger partial charge on any atom is 0.305 e. The largest absolute Gasteiger partial charge is 0.481 e. The molecule has 1 heterocycles. The Labute approximate surface area is 139 Å². The van der Waals surface area contributed by atoms with Gasteiger partial charge in [0.05, 0.1) is 12.6 Å². The van der Waals surface area contributed by atoms with Crippen molar-refractivity contribution in [2.75, 3.05) is 0 Å². The van der Waals surface area contributed by atoms with Gasteiger partial charge in [0.15, 0.2) is 5.17 Å². The molecule has 6 nitrogen and oxygen atoms in total. The maximum absolute atomic E-state index is 11.6. The molecule has 1 aromatic carbocycles. The van der Waals surface area contributed by atoms with Crippen molar-refractivity contribution in [3.8, 4) is 0 Å². The molecule has 23 heavy (non-hydrogen) atoms. The molecule has 0 radical (unpaired) electrons. The van der Waals surface area contributed by atoms with E-state index in [1.165, 1.54) is 5.56 Å². The van der Waals surface area contributed by atoms with Gasteiger partial charge in [-0.05, 0) is 16.5 Å². The molecule has 0 aliphatic carbocycles. The molecular formula is C16H19N3O3S. The summed E-state index contributed by atoms with van der Waals surface area (Å²) in [5, 5.41) is 18.8. The predicted octanol–water partition coefficient (Wildman–Crippen LogP) is 2.38. The normalized spacial score (nSPS) is 20.2. The fourth-order valence-corrected chi connectivity index (χ4v) is 2.88. The Balaban J connectivity index is 1.99. The summed E-state index contributed by atoms with van der Waals surface area (Å²) in [6.45, 7) is 6.45. The molecule has 1 saturated heterocycles. The van der Waals surface area contributed by atoms with Crippen molar-refractivity contribution in [3.05, 3.63) is 35.4 Å². The van der Waals surface area contributed by atoms with E-state index in [1.54, 1.807) is 6.21 Å². The number of hydrogen-bond donors (Lipinski definition) is 2. The van der Waals surface area contributed by atoms with E-state index in [2.05, 4.69) is 36.3 Å². The molecule has 0 aromatic heterocycles. The van der Waals surface area contributed by atoms with Gasteiger partial charge < -0.3 is 10.4 Å². The fourth-order valence-electron chi connectivity index (χ4n) is 1.96. The van der Waals surface area contributed by atoms with Crippen LogP contribution >= 0.6 is 11.8 Å². The van der Waals surface area contributed by atoms with Crippen LogP contribution in [0.4, 0.5) is 0 Å². The second-order valence-electron chi connectivity index (χ2n) is 6.22. The number of amides is 1. The molecule has 7 heteroatoms. The molecular weight excluding hydrogens is 314 g/mol. The quantitative estimate of drug-likeness (QED) is 0.654. The first-order valence-corrected chi connectivity index (χ1v) is 8.04. The van der Waals surface area contributed by atoms with Gasteiger partial charge in [0.2, 0.25) is 5.91 Å². The Kier molecular flexibility index (Phi) is 5.20. The standard InChI is InChI=1S/C16H19N3O3S/c1-16(2,3)11-6-4-10(5-7-11)9-17-19-15-18-14(22)12(23-15)8-13(20)21/h4-7,9,12H,8H2,1-3H3,(H,20,21)(H,18,19,22). The zero-order chi connectivity index (χ0) is 17.0. The summed E-state index contributed by atoms with van der Waals surface area (Å²) in [7, 11) is 0. The highest BCUT2D eigenvalue weighted by Gasteiger charge is 2.32. The minimum absolute atomic E-state index is 0.0970. The predicted molar refractivity (Wildman–Crippen MR) is 91.9 cm³/mol. The second-order valence-corrected chi connectivity index (χ2v) is 7.41. The van der Waals surface area contributed by atoms with Crippen molar-refractivity contribution < 1.29 is 14.7 Å². The van der Waals surface area contributed by atoms with Gasteiger partial charge in [-0.2, -0.15) is 5.10 Å². The first-order valence-electron chi connectivity index (χ1n) is 7.16.